The number of carbonyl (C=O) groups excluding carboxylic acids is 3. The van der Waals surface area contributed by atoms with Crippen molar-refractivity contribution in [3.05, 3.63) is 65.7 Å². The van der Waals surface area contributed by atoms with E-state index in [0.717, 1.165) is 5.56 Å². The monoisotopic (exact) mass is 427 g/mol. The number of hydrogen-bond donors (Lipinski definition) is 1. The Morgan fingerprint density at radius 1 is 0.968 bits per heavy atom. The van der Waals surface area contributed by atoms with Gasteiger partial charge in [0.25, 0.3) is 0 Å². The average Bonchev–Trinajstić information content (AvgIpc) is 2.74. The van der Waals surface area contributed by atoms with Crippen molar-refractivity contribution in [1.82, 2.24) is 5.32 Å². The van der Waals surface area contributed by atoms with E-state index in [1.165, 1.54) is 7.11 Å². The number of rotatable bonds is 9. The quantitative estimate of drug-likeness (QED) is 0.474. The van der Waals surface area contributed by atoms with Crippen molar-refractivity contribution >= 4 is 17.8 Å². The molecule has 0 aliphatic heterocycles. The van der Waals surface area contributed by atoms with Gasteiger partial charge in [0.2, 0.25) is 0 Å². The molecule has 1 N–H and O–H groups in total. The average molecular weight is 427 g/mol. The summed E-state index contributed by atoms with van der Waals surface area (Å²) in [5, 5.41) is 2.46. The number of ether oxygens (including phenoxy) is 3. The lowest BCUT2D eigenvalue weighted by Crippen LogP contribution is -2.44. The molecule has 0 aromatic heterocycles. The molecule has 166 valence electrons. The largest absolute Gasteiger partial charge is 0.489 e. The Labute approximate surface area is 182 Å². The number of amides is 1. The van der Waals surface area contributed by atoms with Crippen LogP contribution in [0, 0.1) is 0 Å². The number of carbonyl (C=O) groups is 3. The van der Waals surface area contributed by atoms with E-state index in [1.54, 1.807) is 45.0 Å². The standard InChI is InChI=1S/C24H29NO6/c1-24(2,3)31-23(28)25-20(22(27)29-4)14-15-21(26)18-10-12-19(13-11-18)30-16-17-8-6-5-7-9-17/h5-13,20H,14-16H2,1-4H3,(H,25,28)/t20-/m1/s1. The predicted octanol–water partition coefficient (Wildman–Crippen LogP) is 4.29. The van der Waals surface area contributed by atoms with Crippen LogP contribution in [0.1, 0.15) is 49.5 Å². The van der Waals surface area contributed by atoms with Crippen LogP contribution >= 0.6 is 0 Å². The van der Waals surface area contributed by atoms with E-state index < -0.39 is 23.7 Å². The minimum Gasteiger partial charge on any atom is -0.489 e. The Morgan fingerprint density at radius 3 is 2.19 bits per heavy atom. The van der Waals surface area contributed by atoms with Crippen LogP contribution in [0.2, 0.25) is 0 Å². The molecule has 2 rings (SSSR count). The predicted molar refractivity (Wildman–Crippen MR) is 116 cm³/mol. The van der Waals surface area contributed by atoms with Crippen LogP contribution in [0.15, 0.2) is 54.6 Å². The van der Waals surface area contributed by atoms with E-state index in [9.17, 15) is 14.4 Å². The Morgan fingerprint density at radius 2 is 1.61 bits per heavy atom. The lowest BCUT2D eigenvalue weighted by molar-refractivity contribution is -0.143. The lowest BCUT2D eigenvalue weighted by atomic mass is 10.0. The second-order valence-corrected chi connectivity index (χ2v) is 7.98. The molecule has 0 fully saturated rings. The van der Waals surface area contributed by atoms with Gasteiger partial charge >= 0.3 is 12.1 Å². The Bertz CT molecular complexity index is 871. The summed E-state index contributed by atoms with van der Waals surface area (Å²) in [5.41, 5.74) is 0.840. The van der Waals surface area contributed by atoms with Gasteiger partial charge in [0.1, 0.15) is 24.0 Å². The third-order valence-electron chi connectivity index (χ3n) is 4.26. The fourth-order valence-corrected chi connectivity index (χ4v) is 2.74. The fourth-order valence-electron chi connectivity index (χ4n) is 2.74. The summed E-state index contributed by atoms with van der Waals surface area (Å²) in [4.78, 5) is 36.5. The third kappa shape index (κ3) is 8.50. The van der Waals surface area contributed by atoms with Gasteiger partial charge in [0, 0.05) is 12.0 Å². The number of esters is 1. The molecular weight excluding hydrogens is 398 g/mol. The van der Waals surface area contributed by atoms with Gasteiger partial charge in [-0.25, -0.2) is 9.59 Å². The molecular formula is C24H29NO6. The number of nitrogens with one attached hydrogen (secondary N) is 1. The molecule has 0 aliphatic rings. The van der Waals surface area contributed by atoms with E-state index in [1.807, 2.05) is 30.3 Å². The number of ketones is 1. The maximum absolute atomic E-state index is 12.5. The third-order valence-corrected chi connectivity index (χ3v) is 4.26. The van der Waals surface area contributed by atoms with Crippen molar-refractivity contribution in [3.63, 3.8) is 0 Å². The Balaban J connectivity index is 1.89. The molecule has 0 aliphatic carbocycles. The molecule has 31 heavy (non-hydrogen) atoms. The van der Waals surface area contributed by atoms with Crippen LogP contribution in [0.5, 0.6) is 5.75 Å². The van der Waals surface area contributed by atoms with Crippen LogP contribution in [0.3, 0.4) is 0 Å². The highest BCUT2D eigenvalue weighted by Gasteiger charge is 2.25. The van der Waals surface area contributed by atoms with Gasteiger partial charge < -0.3 is 19.5 Å². The van der Waals surface area contributed by atoms with E-state index in [0.29, 0.717) is 17.9 Å². The zero-order valence-electron chi connectivity index (χ0n) is 18.3. The first-order chi connectivity index (χ1) is 14.7. The topological polar surface area (TPSA) is 90.9 Å². The Hall–Kier alpha value is -3.35. The number of alkyl carbamates (subject to hydrolysis) is 1. The molecule has 0 unspecified atom stereocenters. The van der Waals surface area contributed by atoms with Gasteiger partial charge in [-0.2, -0.15) is 0 Å². The van der Waals surface area contributed by atoms with Gasteiger partial charge in [-0.15, -0.1) is 0 Å². The van der Waals surface area contributed by atoms with Gasteiger partial charge in [-0.1, -0.05) is 30.3 Å². The van der Waals surface area contributed by atoms with Crippen LogP contribution in [-0.2, 0) is 20.9 Å². The molecule has 7 nitrogen and oxygen atoms in total. The maximum Gasteiger partial charge on any atom is 0.408 e. The molecule has 0 saturated heterocycles. The first-order valence-corrected chi connectivity index (χ1v) is 10.1. The van der Waals surface area contributed by atoms with Gasteiger partial charge in [-0.3, -0.25) is 4.79 Å². The van der Waals surface area contributed by atoms with Gasteiger partial charge in [0.05, 0.1) is 7.11 Å². The molecule has 0 radical (unpaired) electrons. The summed E-state index contributed by atoms with van der Waals surface area (Å²) in [6, 6.07) is 15.6. The highest BCUT2D eigenvalue weighted by Crippen LogP contribution is 2.16. The minimum atomic E-state index is -0.975. The fraction of sp³-hybridized carbons (Fsp3) is 0.375. The van der Waals surface area contributed by atoms with E-state index in [2.05, 4.69) is 5.32 Å². The molecule has 7 heteroatoms. The number of hydrogen-bond acceptors (Lipinski definition) is 6. The summed E-state index contributed by atoms with van der Waals surface area (Å²) in [6.07, 6.45) is -0.591. The normalized spacial score (nSPS) is 11.9. The summed E-state index contributed by atoms with van der Waals surface area (Å²) in [6.45, 7) is 5.59. The molecule has 0 saturated carbocycles. The molecule has 0 spiro atoms. The molecule has 1 amide bonds. The van der Waals surface area contributed by atoms with E-state index in [4.69, 9.17) is 14.2 Å². The van der Waals surface area contributed by atoms with E-state index >= 15 is 0 Å². The highest BCUT2D eigenvalue weighted by atomic mass is 16.6. The lowest BCUT2D eigenvalue weighted by Gasteiger charge is -2.22. The van der Waals surface area contributed by atoms with Crippen molar-refractivity contribution < 1.29 is 28.6 Å². The summed E-state index contributed by atoms with van der Waals surface area (Å²) in [7, 11) is 1.22. The van der Waals surface area contributed by atoms with Crippen LogP contribution < -0.4 is 10.1 Å². The second-order valence-electron chi connectivity index (χ2n) is 7.98. The number of methoxy groups -OCH3 is 1. The van der Waals surface area contributed by atoms with Gasteiger partial charge in [0.15, 0.2) is 5.78 Å². The molecule has 2 aromatic carbocycles. The minimum absolute atomic E-state index is 0.0553. The van der Waals surface area contributed by atoms with Gasteiger partial charge in [-0.05, 0) is 57.0 Å². The maximum atomic E-state index is 12.5. The van der Waals surface area contributed by atoms with Crippen molar-refractivity contribution in [2.75, 3.05) is 7.11 Å². The molecule has 0 heterocycles. The first-order valence-electron chi connectivity index (χ1n) is 10.1. The molecule has 2 aromatic rings. The van der Waals surface area contributed by atoms with Crippen molar-refractivity contribution in [2.45, 2.75) is 51.9 Å². The van der Waals surface area contributed by atoms with Crippen LogP contribution in [0.4, 0.5) is 4.79 Å². The second kappa shape index (κ2) is 11.2. The number of benzene rings is 2. The van der Waals surface area contributed by atoms with Crippen molar-refractivity contribution in [1.29, 1.82) is 0 Å². The zero-order chi connectivity index (χ0) is 22.9. The van der Waals surface area contributed by atoms with Crippen LogP contribution in [-0.4, -0.2) is 36.6 Å². The molecule has 1 atom stereocenters. The van der Waals surface area contributed by atoms with Crippen LogP contribution in [0.25, 0.3) is 0 Å². The summed E-state index contributed by atoms with van der Waals surface area (Å²) < 4.78 is 15.6. The summed E-state index contributed by atoms with van der Waals surface area (Å²) in [5.74, 6) is -0.141. The number of Topliss-reactive ketones (excluding diaryl/α,β-unsaturated/α-hetero) is 1. The highest BCUT2D eigenvalue weighted by molar-refractivity contribution is 5.96. The Kier molecular flexibility index (Phi) is 8.61. The smallest absolute Gasteiger partial charge is 0.408 e. The molecule has 0 bridgehead atoms. The summed E-state index contributed by atoms with van der Waals surface area (Å²) >= 11 is 0. The SMILES string of the molecule is COC(=O)[C@@H](CCC(=O)c1ccc(OCc2ccccc2)cc1)NC(=O)OC(C)(C)C. The van der Waals surface area contributed by atoms with Crippen molar-refractivity contribution in [3.8, 4) is 5.75 Å². The van der Waals surface area contributed by atoms with Crippen molar-refractivity contribution in [2.24, 2.45) is 0 Å². The zero-order valence-corrected chi connectivity index (χ0v) is 18.3. The first kappa shape index (κ1) is 23.9. The van der Waals surface area contributed by atoms with E-state index in [-0.39, 0.29) is 18.6 Å².